The van der Waals surface area contributed by atoms with Gasteiger partial charge in [-0.25, -0.2) is 4.98 Å². The van der Waals surface area contributed by atoms with E-state index in [1.165, 1.54) is 22.2 Å². The van der Waals surface area contributed by atoms with Gasteiger partial charge < -0.3 is 5.32 Å². The second-order valence-electron chi connectivity index (χ2n) is 8.21. The average Bonchev–Trinajstić information content (AvgIpc) is 2.99. The maximum absolute atomic E-state index is 13.2. The lowest BCUT2D eigenvalue weighted by atomic mass is 9.89. The Kier molecular flexibility index (Phi) is 6.34. The molecule has 0 saturated carbocycles. The summed E-state index contributed by atoms with van der Waals surface area (Å²) in [6.45, 7) is 12.5. The molecule has 0 bridgehead atoms. The van der Waals surface area contributed by atoms with Crippen LogP contribution in [0.1, 0.15) is 51.0 Å². The standard InChI is InChI=1S/C21H29N3O2S2/c1-6-10-24-19(26)17-14-9-8-13(3)11-15(14)28-18(17)22-20(24)27-12-16(25)23-21(4,5)7-2/h6,13H,1,7-12H2,2-5H3,(H,23,25)/t13-/m1/s1. The number of aryl methyl sites for hydroxylation is 1. The van der Waals surface area contributed by atoms with E-state index in [1.807, 2.05) is 20.8 Å². The van der Waals surface area contributed by atoms with Gasteiger partial charge >= 0.3 is 0 Å². The van der Waals surface area contributed by atoms with Crippen molar-refractivity contribution < 1.29 is 4.79 Å². The molecule has 0 aliphatic heterocycles. The number of carbonyl (C=O) groups excluding carboxylic acids is 1. The molecule has 7 heteroatoms. The zero-order valence-electron chi connectivity index (χ0n) is 17.1. The van der Waals surface area contributed by atoms with Crippen molar-refractivity contribution in [2.24, 2.45) is 5.92 Å². The summed E-state index contributed by atoms with van der Waals surface area (Å²) in [6, 6.07) is 0. The molecule has 1 aliphatic rings. The number of amides is 1. The topological polar surface area (TPSA) is 64.0 Å². The van der Waals surface area contributed by atoms with Crippen LogP contribution in [0.5, 0.6) is 0 Å². The molecule has 1 amide bonds. The number of allylic oxidation sites excluding steroid dienone is 1. The molecule has 0 fully saturated rings. The quantitative estimate of drug-likeness (QED) is 0.416. The summed E-state index contributed by atoms with van der Waals surface area (Å²) in [5, 5.41) is 4.40. The van der Waals surface area contributed by atoms with Gasteiger partial charge in [0.1, 0.15) is 4.83 Å². The summed E-state index contributed by atoms with van der Waals surface area (Å²) in [7, 11) is 0. The first-order chi connectivity index (χ1) is 13.3. The monoisotopic (exact) mass is 419 g/mol. The van der Waals surface area contributed by atoms with E-state index in [-0.39, 0.29) is 22.8 Å². The van der Waals surface area contributed by atoms with Crippen LogP contribution in [0.3, 0.4) is 0 Å². The van der Waals surface area contributed by atoms with Gasteiger partial charge in [-0.3, -0.25) is 14.2 Å². The minimum absolute atomic E-state index is 0.00579. The highest BCUT2D eigenvalue weighted by Crippen LogP contribution is 2.36. The van der Waals surface area contributed by atoms with E-state index < -0.39 is 0 Å². The molecule has 2 aromatic rings. The normalized spacial score (nSPS) is 16.8. The van der Waals surface area contributed by atoms with E-state index in [0.29, 0.717) is 17.6 Å². The highest BCUT2D eigenvalue weighted by molar-refractivity contribution is 7.99. The van der Waals surface area contributed by atoms with Crippen molar-refractivity contribution in [1.29, 1.82) is 0 Å². The average molecular weight is 420 g/mol. The predicted octanol–water partition coefficient (Wildman–Crippen LogP) is 4.17. The van der Waals surface area contributed by atoms with Gasteiger partial charge in [0.05, 0.1) is 11.1 Å². The number of thioether (sulfide) groups is 1. The Bertz CT molecular complexity index is 959. The predicted molar refractivity (Wildman–Crippen MR) is 119 cm³/mol. The Hall–Kier alpha value is -1.60. The van der Waals surface area contributed by atoms with E-state index in [9.17, 15) is 9.59 Å². The number of carbonyl (C=O) groups is 1. The first-order valence-electron chi connectivity index (χ1n) is 9.85. The number of hydrogen-bond acceptors (Lipinski definition) is 5. The smallest absolute Gasteiger partial charge is 0.263 e. The Morgan fingerprint density at radius 3 is 2.93 bits per heavy atom. The Labute approximate surface area is 174 Å². The number of thiophene rings is 1. The Balaban J connectivity index is 1.93. The highest BCUT2D eigenvalue weighted by atomic mass is 32.2. The molecule has 0 radical (unpaired) electrons. The van der Waals surface area contributed by atoms with Crippen LogP contribution in [0.4, 0.5) is 0 Å². The van der Waals surface area contributed by atoms with Crippen molar-refractivity contribution in [3.05, 3.63) is 33.4 Å². The minimum Gasteiger partial charge on any atom is -0.351 e. The van der Waals surface area contributed by atoms with Crippen molar-refractivity contribution in [2.45, 2.75) is 70.6 Å². The van der Waals surface area contributed by atoms with E-state index in [0.717, 1.165) is 35.9 Å². The molecule has 28 heavy (non-hydrogen) atoms. The van der Waals surface area contributed by atoms with Crippen molar-refractivity contribution in [1.82, 2.24) is 14.9 Å². The Morgan fingerprint density at radius 2 is 2.25 bits per heavy atom. The summed E-state index contributed by atoms with van der Waals surface area (Å²) in [5.74, 6) is 0.840. The molecule has 0 unspecified atom stereocenters. The van der Waals surface area contributed by atoms with E-state index >= 15 is 0 Å². The van der Waals surface area contributed by atoms with Crippen LogP contribution in [0, 0.1) is 5.92 Å². The second kappa shape index (κ2) is 8.41. The molecule has 2 heterocycles. The fourth-order valence-corrected chi connectivity index (χ4v) is 5.67. The fraction of sp³-hybridized carbons (Fsp3) is 0.571. The van der Waals surface area contributed by atoms with Crippen LogP contribution < -0.4 is 10.9 Å². The molecule has 2 aromatic heterocycles. The number of aromatic nitrogens is 2. The SMILES string of the molecule is C=CCn1c(SCC(=O)NC(C)(C)CC)nc2sc3c(c2c1=O)CC[C@@H](C)C3. The van der Waals surface area contributed by atoms with Gasteiger partial charge in [-0.15, -0.1) is 17.9 Å². The summed E-state index contributed by atoms with van der Waals surface area (Å²) < 4.78 is 1.66. The van der Waals surface area contributed by atoms with Gasteiger partial charge in [-0.05, 0) is 51.0 Å². The van der Waals surface area contributed by atoms with Crippen molar-refractivity contribution in [2.75, 3.05) is 5.75 Å². The van der Waals surface area contributed by atoms with Gasteiger partial charge in [0, 0.05) is 17.0 Å². The van der Waals surface area contributed by atoms with Crippen LogP contribution in [0.15, 0.2) is 22.6 Å². The van der Waals surface area contributed by atoms with Gasteiger partial charge in [0.2, 0.25) is 5.91 Å². The van der Waals surface area contributed by atoms with E-state index in [4.69, 9.17) is 4.98 Å². The Morgan fingerprint density at radius 1 is 1.50 bits per heavy atom. The van der Waals surface area contributed by atoms with E-state index in [2.05, 4.69) is 18.8 Å². The first kappa shape index (κ1) is 21.1. The zero-order chi connectivity index (χ0) is 20.5. The van der Waals surface area contributed by atoms with Crippen LogP contribution in [0.25, 0.3) is 10.2 Å². The number of nitrogens with zero attached hydrogens (tertiary/aromatic N) is 2. The number of nitrogens with one attached hydrogen (secondary N) is 1. The van der Waals surface area contributed by atoms with E-state index in [1.54, 1.807) is 22.0 Å². The maximum atomic E-state index is 13.2. The first-order valence-corrected chi connectivity index (χ1v) is 11.7. The largest absolute Gasteiger partial charge is 0.351 e. The molecule has 0 aromatic carbocycles. The van der Waals surface area contributed by atoms with Gasteiger partial charge in [0.25, 0.3) is 5.56 Å². The summed E-state index contributed by atoms with van der Waals surface area (Å²) >= 11 is 2.96. The summed E-state index contributed by atoms with van der Waals surface area (Å²) in [4.78, 5) is 32.5. The zero-order valence-corrected chi connectivity index (χ0v) is 18.8. The lowest BCUT2D eigenvalue weighted by Gasteiger charge is -2.24. The maximum Gasteiger partial charge on any atom is 0.263 e. The molecule has 1 N–H and O–H groups in total. The summed E-state index contributed by atoms with van der Waals surface area (Å²) in [5.41, 5.74) is 0.945. The summed E-state index contributed by atoms with van der Waals surface area (Å²) in [6.07, 6.45) is 5.65. The van der Waals surface area contributed by atoms with Crippen LogP contribution in [-0.2, 0) is 24.2 Å². The lowest BCUT2D eigenvalue weighted by Crippen LogP contribution is -2.43. The van der Waals surface area contributed by atoms with Crippen LogP contribution >= 0.6 is 23.1 Å². The number of hydrogen-bond donors (Lipinski definition) is 1. The lowest BCUT2D eigenvalue weighted by molar-refractivity contribution is -0.120. The van der Waals surface area contributed by atoms with Crippen molar-refractivity contribution in [3.63, 3.8) is 0 Å². The van der Waals surface area contributed by atoms with Gasteiger partial charge in [-0.2, -0.15) is 0 Å². The molecule has 152 valence electrons. The third-order valence-corrected chi connectivity index (χ3v) is 7.51. The molecule has 5 nitrogen and oxygen atoms in total. The number of rotatable bonds is 7. The fourth-order valence-electron chi connectivity index (χ4n) is 3.44. The number of fused-ring (bicyclic) bond motifs is 3. The van der Waals surface area contributed by atoms with Gasteiger partial charge in [0.15, 0.2) is 5.16 Å². The minimum atomic E-state index is -0.237. The second-order valence-corrected chi connectivity index (χ2v) is 10.2. The molecule has 1 aliphatic carbocycles. The molecule has 0 spiro atoms. The molecular weight excluding hydrogens is 390 g/mol. The van der Waals surface area contributed by atoms with Crippen molar-refractivity contribution >= 4 is 39.2 Å². The molecular formula is C21H29N3O2S2. The third-order valence-electron chi connectivity index (χ3n) is 5.39. The van der Waals surface area contributed by atoms with Crippen molar-refractivity contribution in [3.8, 4) is 0 Å². The van der Waals surface area contributed by atoms with Crippen LogP contribution in [-0.4, -0.2) is 26.8 Å². The molecule has 0 saturated heterocycles. The van der Waals surface area contributed by atoms with Crippen LogP contribution in [0.2, 0.25) is 0 Å². The molecule has 3 rings (SSSR count). The molecule has 1 atom stereocenters. The van der Waals surface area contributed by atoms with Gasteiger partial charge in [-0.1, -0.05) is 31.7 Å². The third kappa shape index (κ3) is 4.35. The highest BCUT2D eigenvalue weighted by Gasteiger charge is 2.25.